The minimum atomic E-state index is 0.692. The van der Waals surface area contributed by atoms with Gasteiger partial charge in [-0.05, 0) is 25.0 Å². The summed E-state index contributed by atoms with van der Waals surface area (Å²) >= 11 is 3.78. The lowest BCUT2D eigenvalue weighted by Crippen LogP contribution is -1.94. The van der Waals surface area contributed by atoms with Gasteiger partial charge in [0.25, 0.3) is 0 Å². The van der Waals surface area contributed by atoms with Crippen LogP contribution in [-0.4, -0.2) is 10.2 Å². The molecule has 4 heteroatoms. The summed E-state index contributed by atoms with van der Waals surface area (Å²) < 4.78 is 0. The molecule has 1 aromatic heterocycles. The minimum Gasteiger partial charge on any atom is -0.240 e. The molecular weight excluding hydrogens is 284 g/mol. The van der Waals surface area contributed by atoms with Gasteiger partial charge in [-0.3, -0.25) is 0 Å². The van der Waals surface area contributed by atoms with E-state index in [1.807, 2.05) is 36.0 Å². The second kappa shape index (κ2) is 6.43. The van der Waals surface area contributed by atoms with Crippen molar-refractivity contribution in [3.05, 3.63) is 40.2 Å². The van der Waals surface area contributed by atoms with Crippen molar-refractivity contribution in [1.29, 1.82) is 5.26 Å². The van der Waals surface area contributed by atoms with E-state index in [0.29, 0.717) is 5.56 Å². The van der Waals surface area contributed by atoms with Crippen molar-refractivity contribution in [2.24, 2.45) is 0 Å². The van der Waals surface area contributed by atoms with Crippen LogP contribution in [0.2, 0.25) is 0 Å². The first kappa shape index (κ1) is 13.7. The van der Waals surface area contributed by atoms with E-state index in [0.717, 1.165) is 22.3 Å². The maximum Gasteiger partial charge on any atom is 0.103 e. The third-order valence-corrected chi connectivity index (χ3v) is 6.00. The molecule has 0 N–H and O–H groups in total. The Morgan fingerprint density at radius 2 is 2.20 bits per heavy atom. The molecule has 2 aromatic rings. The summed E-state index contributed by atoms with van der Waals surface area (Å²) in [7, 11) is 0. The largest absolute Gasteiger partial charge is 0.240 e. The van der Waals surface area contributed by atoms with Crippen molar-refractivity contribution >= 4 is 23.1 Å². The summed E-state index contributed by atoms with van der Waals surface area (Å²) in [5.74, 6) is 1.02. The molecule has 0 saturated heterocycles. The molecule has 3 rings (SSSR count). The van der Waals surface area contributed by atoms with Crippen molar-refractivity contribution in [2.45, 2.75) is 36.7 Å². The van der Waals surface area contributed by atoms with E-state index in [1.165, 1.54) is 30.7 Å². The fraction of sp³-hybridized carbons (Fsp3) is 0.375. The Hall–Kier alpha value is -1.31. The number of hydrogen-bond donors (Lipinski definition) is 0. The van der Waals surface area contributed by atoms with Crippen molar-refractivity contribution in [2.75, 3.05) is 0 Å². The number of thiazole rings is 1. The van der Waals surface area contributed by atoms with Crippen LogP contribution >= 0.6 is 23.1 Å². The Labute approximate surface area is 127 Å². The lowest BCUT2D eigenvalue weighted by atomic mass is 10.1. The zero-order valence-corrected chi connectivity index (χ0v) is 12.8. The van der Waals surface area contributed by atoms with Gasteiger partial charge in [-0.1, -0.05) is 25.0 Å². The topological polar surface area (TPSA) is 36.7 Å². The van der Waals surface area contributed by atoms with Gasteiger partial charge in [0.1, 0.15) is 5.01 Å². The van der Waals surface area contributed by atoms with Crippen LogP contribution in [0.1, 0.15) is 36.3 Å². The predicted octanol–water partition coefficient (Wildman–Crippen LogP) is 4.86. The first-order chi connectivity index (χ1) is 9.85. The molecule has 20 heavy (non-hydrogen) atoms. The minimum absolute atomic E-state index is 0.692. The molecule has 102 valence electrons. The van der Waals surface area contributed by atoms with Crippen LogP contribution in [0.15, 0.2) is 29.6 Å². The van der Waals surface area contributed by atoms with Gasteiger partial charge in [-0.15, -0.1) is 11.3 Å². The van der Waals surface area contributed by atoms with E-state index in [-0.39, 0.29) is 0 Å². The zero-order chi connectivity index (χ0) is 13.8. The van der Waals surface area contributed by atoms with Gasteiger partial charge in [-0.2, -0.15) is 17.0 Å². The molecule has 0 radical (unpaired) electrons. The summed E-state index contributed by atoms with van der Waals surface area (Å²) in [5.41, 5.74) is 2.73. The lowest BCUT2D eigenvalue weighted by Gasteiger charge is -2.05. The molecule has 0 bridgehead atoms. The second-order valence-corrected chi connectivity index (χ2v) is 7.27. The van der Waals surface area contributed by atoms with Crippen LogP contribution in [0.4, 0.5) is 0 Å². The van der Waals surface area contributed by atoms with Crippen LogP contribution in [0, 0.1) is 11.3 Å². The molecule has 1 saturated carbocycles. The smallest absolute Gasteiger partial charge is 0.103 e. The fourth-order valence-corrected chi connectivity index (χ4v) is 4.68. The van der Waals surface area contributed by atoms with Crippen LogP contribution in [0.3, 0.4) is 0 Å². The molecule has 0 unspecified atom stereocenters. The van der Waals surface area contributed by atoms with E-state index in [4.69, 9.17) is 10.2 Å². The van der Waals surface area contributed by atoms with Gasteiger partial charge in [0, 0.05) is 21.9 Å². The summed E-state index contributed by atoms with van der Waals surface area (Å²) in [4.78, 5) is 4.71. The molecule has 1 aliphatic carbocycles. The molecule has 1 fully saturated rings. The summed E-state index contributed by atoms with van der Waals surface area (Å²) in [6.07, 6.45) is 5.52. The van der Waals surface area contributed by atoms with Gasteiger partial charge < -0.3 is 0 Å². The van der Waals surface area contributed by atoms with Crippen LogP contribution in [0.25, 0.3) is 11.3 Å². The number of nitrogens with zero attached hydrogens (tertiary/aromatic N) is 2. The zero-order valence-electron chi connectivity index (χ0n) is 11.2. The second-order valence-electron chi connectivity index (χ2n) is 5.04. The summed E-state index contributed by atoms with van der Waals surface area (Å²) in [6.45, 7) is 0. The highest BCUT2D eigenvalue weighted by Gasteiger charge is 2.16. The van der Waals surface area contributed by atoms with Crippen LogP contribution in [-0.2, 0) is 5.75 Å². The molecular formula is C16H16N2S2. The van der Waals surface area contributed by atoms with E-state index < -0.39 is 0 Å². The highest BCUT2D eigenvalue weighted by molar-refractivity contribution is 7.99. The maximum atomic E-state index is 8.95. The van der Waals surface area contributed by atoms with Crippen molar-refractivity contribution in [3.8, 4) is 17.3 Å². The highest BCUT2D eigenvalue weighted by Crippen LogP contribution is 2.33. The first-order valence-electron chi connectivity index (χ1n) is 6.92. The Bertz CT molecular complexity index is 621. The summed E-state index contributed by atoms with van der Waals surface area (Å²) in [6, 6.07) is 9.84. The van der Waals surface area contributed by atoms with Gasteiger partial charge >= 0.3 is 0 Å². The average Bonchev–Trinajstić information content (AvgIpc) is 3.16. The number of benzene rings is 1. The lowest BCUT2D eigenvalue weighted by molar-refractivity contribution is 0.886. The third-order valence-electron chi connectivity index (χ3n) is 3.58. The monoisotopic (exact) mass is 300 g/mol. The number of hydrogen-bond acceptors (Lipinski definition) is 4. The standard InChI is InChI=1S/C16H16N2S2/c17-9-12-4-3-5-13(8-12)15-10-20-16(18-15)11-19-14-6-1-2-7-14/h3-5,8,10,14H,1-2,6-7,11H2. The number of aromatic nitrogens is 1. The van der Waals surface area contributed by atoms with Crippen molar-refractivity contribution < 1.29 is 0 Å². The molecule has 1 aromatic carbocycles. The van der Waals surface area contributed by atoms with E-state index in [2.05, 4.69) is 11.4 Å². The Morgan fingerprint density at radius 3 is 3.00 bits per heavy atom. The molecule has 0 spiro atoms. The molecule has 1 heterocycles. The van der Waals surface area contributed by atoms with Gasteiger partial charge in [0.05, 0.1) is 17.3 Å². The number of nitriles is 1. The van der Waals surface area contributed by atoms with E-state index in [1.54, 1.807) is 11.3 Å². The molecule has 0 atom stereocenters. The molecule has 2 nitrogen and oxygen atoms in total. The van der Waals surface area contributed by atoms with Crippen LogP contribution in [0.5, 0.6) is 0 Å². The highest BCUT2D eigenvalue weighted by atomic mass is 32.2. The first-order valence-corrected chi connectivity index (χ1v) is 8.84. The van der Waals surface area contributed by atoms with Crippen molar-refractivity contribution in [3.63, 3.8) is 0 Å². The Kier molecular flexibility index (Phi) is 4.39. The normalized spacial score (nSPS) is 15.3. The Morgan fingerprint density at radius 1 is 1.35 bits per heavy atom. The van der Waals surface area contributed by atoms with Gasteiger partial charge in [-0.25, -0.2) is 4.98 Å². The number of thioether (sulfide) groups is 1. The van der Waals surface area contributed by atoms with Crippen molar-refractivity contribution in [1.82, 2.24) is 4.98 Å². The summed E-state index contributed by atoms with van der Waals surface area (Å²) in [5, 5.41) is 13.1. The fourth-order valence-electron chi connectivity index (χ4n) is 2.50. The van der Waals surface area contributed by atoms with Crippen LogP contribution < -0.4 is 0 Å². The molecule has 0 amide bonds. The van der Waals surface area contributed by atoms with Gasteiger partial charge in [0.2, 0.25) is 0 Å². The molecule has 0 aliphatic heterocycles. The van der Waals surface area contributed by atoms with E-state index in [9.17, 15) is 0 Å². The van der Waals surface area contributed by atoms with E-state index >= 15 is 0 Å². The number of rotatable bonds is 4. The molecule has 1 aliphatic rings. The van der Waals surface area contributed by atoms with Gasteiger partial charge in [0.15, 0.2) is 0 Å². The Balaban J connectivity index is 1.68. The average molecular weight is 300 g/mol. The third kappa shape index (κ3) is 3.23. The predicted molar refractivity (Wildman–Crippen MR) is 85.8 cm³/mol. The maximum absolute atomic E-state index is 8.95. The quantitative estimate of drug-likeness (QED) is 0.809. The SMILES string of the molecule is N#Cc1cccc(-c2csc(CSC3CCCC3)n2)c1.